The van der Waals surface area contributed by atoms with Gasteiger partial charge < -0.3 is 0 Å². The Bertz CT molecular complexity index is 1400. The minimum absolute atomic E-state index is 0.0948. The summed E-state index contributed by atoms with van der Waals surface area (Å²) >= 11 is -3.50. The normalized spacial score (nSPS) is 15.9. The van der Waals surface area contributed by atoms with E-state index in [1.807, 2.05) is 0 Å². The van der Waals surface area contributed by atoms with E-state index in [4.69, 9.17) is 22.8 Å². The van der Waals surface area contributed by atoms with E-state index in [0.29, 0.717) is 4.73 Å². The average Bonchev–Trinajstić information content (AvgIpc) is 3.17. The quantitative estimate of drug-likeness (QED) is 0.267. The summed E-state index contributed by atoms with van der Waals surface area (Å²) in [5.74, 6) is 0.0948. The van der Waals surface area contributed by atoms with E-state index >= 15 is 0 Å². The van der Waals surface area contributed by atoms with Crippen LogP contribution in [0.15, 0.2) is 84.9 Å². The first kappa shape index (κ1) is 23.9. The minimum atomic E-state index is -3.50. The van der Waals surface area contributed by atoms with E-state index < -0.39 is 14.7 Å². The van der Waals surface area contributed by atoms with Gasteiger partial charge in [-0.2, -0.15) is 0 Å². The van der Waals surface area contributed by atoms with Crippen LogP contribution < -0.4 is 4.22 Å². The van der Waals surface area contributed by atoms with Crippen LogP contribution in [0.5, 0.6) is 0 Å². The Morgan fingerprint density at radius 2 is 1.47 bits per heavy atom. The summed E-state index contributed by atoms with van der Waals surface area (Å²) in [5.41, 5.74) is 8.82. The maximum absolute atomic E-state index is 6.69. The number of rotatable bonds is 4. The van der Waals surface area contributed by atoms with Crippen LogP contribution in [-0.2, 0) is 24.9 Å². The van der Waals surface area contributed by atoms with Gasteiger partial charge in [-0.3, -0.25) is 0 Å². The molecule has 0 fully saturated rings. The van der Waals surface area contributed by atoms with Crippen molar-refractivity contribution in [1.29, 1.82) is 0 Å². The zero-order valence-corrected chi connectivity index (χ0v) is 22.9. The first-order valence-corrected chi connectivity index (χ1v) is 18.0. The molecule has 172 valence electrons. The van der Waals surface area contributed by atoms with Crippen LogP contribution in [0.1, 0.15) is 60.1 Å². The molecule has 0 aromatic heterocycles. The number of fused-ring (bicyclic) bond motifs is 2. The summed E-state index contributed by atoms with van der Waals surface area (Å²) in [5, 5.41) is 2.49. The van der Waals surface area contributed by atoms with Crippen molar-refractivity contribution >= 4 is 41.0 Å². The number of hydrogen-bond acceptors (Lipinski definition) is 1. The Balaban J connectivity index is 1.87. The molecule has 1 nitrogen and oxygen atoms in total. The van der Waals surface area contributed by atoms with Gasteiger partial charge in [-0.15, -0.1) is 0 Å². The number of halogens is 2. The Hall–Kier alpha value is -1.87. The number of allylic oxidation sites excluding steroid dienone is 1. The van der Waals surface area contributed by atoms with Gasteiger partial charge in [0.05, 0.1) is 0 Å². The molecule has 1 atom stereocenters. The Morgan fingerprint density at radius 1 is 0.824 bits per heavy atom. The summed E-state index contributed by atoms with van der Waals surface area (Å²) in [7, 11) is 13.4. The fraction of sp³-hybridized carbons (Fsp3) is 0.200. The van der Waals surface area contributed by atoms with E-state index in [2.05, 4.69) is 112 Å². The maximum atomic E-state index is 6.69. The van der Waals surface area contributed by atoms with Crippen LogP contribution in [0.2, 0.25) is 0 Å². The predicted molar refractivity (Wildman–Crippen MR) is 145 cm³/mol. The number of nitrogens with two attached hydrogens (primary N) is 1. The molecule has 0 aliphatic heterocycles. The molecule has 0 amide bonds. The van der Waals surface area contributed by atoms with Crippen LogP contribution in [0.4, 0.5) is 0 Å². The molecule has 34 heavy (non-hydrogen) atoms. The van der Waals surface area contributed by atoms with Crippen molar-refractivity contribution in [1.82, 2.24) is 0 Å². The van der Waals surface area contributed by atoms with E-state index in [-0.39, 0.29) is 11.3 Å². The molecular weight excluding hydrogens is 493 g/mol. The molecule has 0 heterocycles. The van der Waals surface area contributed by atoms with Crippen LogP contribution >= 0.6 is 18.6 Å². The SMILES string of the molecule is CC(C)(C)c1c([CH2][Ti]([NH2])([Cl])[Cl])c(C2C(c3ccccc3)=Cc3ccccc32)cc2ccccc12. The third-order valence-corrected chi connectivity index (χ3v) is 9.09. The number of benzene rings is 4. The number of hydrogen-bond donors (Lipinski definition) is 1. The molecule has 0 saturated carbocycles. The molecular formula is C30H29Cl2NTi. The average molecular weight is 522 g/mol. The van der Waals surface area contributed by atoms with Crippen molar-refractivity contribution in [3.05, 3.63) is 118 Å². The molecule has 2 N–H and O–H groups in total. The Kier molecular flexibility index (Phi) is 6.30. The first-order chi connectivity index (χ1) is 16.1. The van der Waals surface area contributed by atoms with Gasteiger partial charge >= 0.3 is 215 Å². The van der Waals surface area contributed by atoms with Crippen LogP contribution in [-0.4, -0.2) is 0 Å². The monoisotopic (exact) mass is 521 g/mol. The van der Waals surface area contributed by atoms with Crippen molar-refractivity contribution < 1.29 is 14.7 Å². The third-order valence-electron chi connectivity index (χ3n) is 6.70. The Labute approximate surface area is 214 Å². The second kappa shape index (κ2) is 8.97. The summed E-state index contributed by atoms with van der Waals surface area (Å²) in [6, 6.07) is 30.4. The topological polar surface area (TPSA) is 26.0 Å². The van der Waals surface area contributed by atoms with Crippen LogP contribution in [0.25, 0.3) is 22.4 Å². The van der Waals surface area contributed by atoms with E-state index in [0.717, 1.165) is 0 Å². The van der Waals surface area contributed by atoms with Gasteiger partial charge in [0.15, 0.2) is 0 Å². The van der Waals surface area contributed by atoms with Gasteiger partial charge in [0, 0.05) is 0 Å². The van der Waals surface area contributed by atoms with Crippen molar-refractivity contribution in [2.75, 3.05) is 0 Å². The van der Waals surface area contributed by atoms with E-state index in [1.54, 1.807) is 0 Å². The molecule has 4 aromatic carbocycles. The van der Waals surface area contributed by atoms with E-state index in [1.165, 1.54) is 49.7 Å². The summed E-state index contributed by atoms with van der Waals surface area (Å²) in [6.07, 6.45) is 2.34. The van der Waals surface area contributed by atoms with Crippen LogP contribution in [0.3, 0.4) is 0 Å². The fourth-order valence-electron chi connectivity index (χ4n) is 5.49. The molecule has 1 aliphatic rings. The van der Waals surface area contributed by atoms with Crippen LogP contribution in [0, 0.1) is 0 Å². The second-order valence-electron chi connectivity index (χ2n) is 10.3. The van der Waals surface area contributed by atoms with Gasteiger partial charge in [0.25, 0.3) is 0 Å². The molecule has 1 aliphatic carbocycles. The van der Waals surface area contributed by atoms with Gasteiger partial charge in [0.2, 0.25) is 0 Å². The van der Waals surface area contributed by atoms with Gasteiger partial charge in [-0.1, -0.05) is 0 Å². The molecule has 0 bridgehead atoms. The zero-order valence-electron chi connectivity index (χ0n) is 19.8. The predicted octanol–water partition coefficient (Wildman–Crippen LogP) is 8.66. The summed E-state index contributed by atoms with van der Waals surface area (Å²) < 4.78 is 6.99. The molecule has 5 rings (SSSR count). The van der Waals surface area contributed by atoms with E-state index in [9.17, 15) is 0 Å². The molecule has 4 heteroatoms. The second-order valence-corrected chi connectivity index (χ2v) is 19.5. The first-order valence-electron chi connectivity index (χ1n) is 11.7. The molecule has 0 spiro atoms. The molecule has 0 radical (unpaired) electrons. The van der Waals surface area contributed by atoms with Crippen molar-refractivity contribution in [2.45, 2.75) is 36.8 Å². The van der Waals surface area contributed by atoms with Gasteiger partial charge in [0.1, 0.15) is 0 Å². The zero-order chi connectivity index (χ0) is 24.1. The standard InChI is InChI=1S/C30H27.2ClH.H2N.Ti/c1-20-26(18-23-15-9-11-17-25(23)29(20)30(2,3)4)28-24-16-10-8-14-22(24)19-27(28)21-12-6-5-7-13-21;;;;/h5-19,28H,1H2,2-4H3;2*1H;1H2;/q;;;-1;+3/p-2. The summed E-state index contributed by atoms with van der Waals surface area (Å²) in [6.45, 7) is 6.81. The Morgan fingerprint density at radius 3 is 2.18 bits per heavy atom. The molecule has 4 aromatic rings. The van der Waals surface area contributed by atoms with Gasteiger partial charge in [-0.05, 0) is 0 Å². The summed E-state index contributed by atoms with van der Waals surface area (Å²) in [4.78, 5) is 0. The van der Waals surface area contributed by atoms with Gasteiger partial charge in [-0.25, -0.2) is 0 Å². The van der Waals surface area contributed by atoms with Crippen molar-refractivity contribution in [3.8, 4) is 0 Å². The van der Waals surface area contributed by atoms with Crippen molar-refractivity contribution in [3.63, 3.8) is 0 Å². The third kappa shape index (κ3) is 4.53. The van der Waals surface area contributed by atoms with Crippen molar-refractivity contribution in [2.24, 2.45) is 4.22 Å². The molecule has 1 unspecified atom stereocenters. The fourth-order valence-corrected chi connectivity index (χ4v) is 7.92. The molecule has 0 saturated heterocycles.